The monoisotopic (exact) mass is 547 g/mol. The molecular weight excluding hydrogens is 520 g/mol. The Labute approximate surface area is 213 Å². The van der Waals surface area contributed by atoms with E-state index in [9.17, 15) is 35.9 Å². The molecule has 2 fully saturated rings. The maximum atomic E-state index is 13.1. The number of amides is 1. The molecule has 1 unspecified atom stereocenters. The lowest BCUT2D eigenvalue weighted by Crippen LogP contribution is -2.49. The number of carbonyl (C=O) groups excluding carboxylic acids is 1. The molecule has 1 atom stereocenters. The first kappa shape index (κ1) is 27.8. The highest BCUT2D eigenvalue weighted by atomic mass is 19.4. The predicted molar refractivity (Wildman–Crippen MR) is 123 cm³/mol. The Hall–Kier alpha value is -3.23. The van der Waals surface area contributed by atoms with Gasteiger partial charge < -0.3 is 9.80 Å². The van der Waals surface area contributed by atoms with Crippen molar-refractivity contribution in [2.45, 2.75) is 50.0 Å². The lowest BCUT2D eigenvalue weighted by molar-refractivity contribution is -0.139. The van der Waals surface area contributed by atoms with Gasteiger partial charge in [-0.15, -0.1) is 0 Å². The van der Waals surface area contributed by atoms with E-state index in [1.807, 2.05) is 10.00 Å². The molecule has 0 aliphatic carbocycles. The lowest BCUT2D eigenvalue weighted by Gasteiger charge is -2.38. The van der Waals surface area contributed by atoms with Crippen LogP contribution < -0.4 is 10.5 Å². The molecule has 4 rings (SSSR count). The minimum absolute atomic E-state index is 0.0796. The van der Waals surface area contributed by atoms with Gasteiger partial charge in [0, 0.05) is 51.0 Å². The molecule has 4 heterocycles. The molecule has 2 aromatic heterocycles. The third-order valence-electron chi connectivity index (χ3n) is 7.07. The number of hydrogen-bond donors (Lipinski definition) is 1. The molecule has 2 saturated heterocycles. The van der Waals surface area contributed by atoms with Crippen LogP contribution >= 0.6 is 0 Å². The van der Waals surface area contributed by atoms with E-state index in [0.717, 1.165) is 18.5 Å². The van der Waals surface area contributed by atoms with Crippen LogP contribution in [0.4, 0.5) is 32.3 Å². The van der Waals surface area contributed by atoms with Gasteiger partial charge in [-0.2, -0.15) is 31.4 Å². The number of aromatic nitrogens is 4. The highest BCUT2D eigenvalue weighted by Gasteiger charge is 2.36. The van der Waals surface area contributed by atoms with Crippen LogP contribution in [-0.4, -0.2) is 81.7 Å². The van der Waals surface area contributed by atoms with Gasteiger partial charge in [0.25, 0.3) is 5.56 Å². The van der Waals surface area contributed by atoms with Gasteiger partial charge in [-0.05, 0) is 38.3 Å². The largest absolute Gasteiger partial charge is 0.421 e. The van der Waals surface area contributed by atoms with Crippen molar-refractivity contribution in [3.05, 3.63) is 45.6 Å². The molecule has 38 heavy (non-hydrogen) atoms. The Kier molecular flexibility index (Phi) is 7.95. The number of nitrogens with one attached hydrogen (secondary N) is 1. The molecule has 9 nitrogen and oxygen atoms in total. The van der Waals surface area contributed by atoms with E-state index in [1.54, 1.807) is 16.8 Å². The topological polar surface area (TPSA) is 98.3 Å². The summed E-state index contributed by atoms with van der Waals surface area (Å²) in [5, 5.41) is 5.75. The maximum Gasteiger partial charge on any atom is 0.421 e. The van der Waals surface area contributed by atoms with E-state index in [1.165, 1.54) is 0 Å². The lowest BCUT2D eigenvalue weighted by atomic mass is 9.93. The van der Waals surface area contributed by atoms with Crippen molar-refractivity contribution < 1.29 is 31.1 Å². The normalized spacial score (nSPS) is 20.0. The number of hydrogen-bond acceptors (Lipinski definition) is 7. The number of alkyl halides is 6. The number of anilines is 1. The van der Waals surface area contributed by atoms with Crippen molar-refractivity contribution in [2.24, 2.45) is 0 Å². The van der Waals surface area contributed by atoms with Crippen molar-refractivity contribution in [1.29, 1.82) is 0 Å². The predicted octanol–water partition coefficient (Wildman–Crippen LogP) is 2.90. The Morgan fingerprint density at radius 2 is 1.71 bits per heavy atom. The Balaban J connectivity index is 1.30. The van der Waals surface area contributed by atoms with E-state index in [4.69, 9.17) is 0 Å². The van der Waals surface area contributed by atoms with Crippen LogP contribution in [0.25, 0.3) is 0 Å². The van der Waals surface area contributed by atoms with Gasteiger partial charge in [0.05, 0.1) is 17.8 Å². The van der Waals surface area contributed by atoms with Crippen molar-refractivity contribution in [2.75, 3.05) is 44.7 Å². The number of likely N-dealkylation sites (tertiary alicyclic amines) is 1. The second kappa shape index (κ2) is 10.9. The van der Waals surface area contributed by atoms with Gasteiger partial charge in [0.1, 0.15) is 5.56 Å². The zero-order chi connectivity index (χ0) is 27.7. The Morgan fingerprint density at radius 3 is 2.32 bits per heavy atom. The van der Waals surface area contributed by atoms with Crippen LogP contribution in [0, 0.1) is 0 Å². The summed E-state index contributed by atoms with van der Waals surface area (Å²) in [7, 11) is 1.69. The van der Waals surface area contributed by atoms with Gasteiger partial charge >= 0.3 is 12.4 Å². The van der Waals surface area contributed by atoms with E-state index in [-0.39, 0.29) is 36.1 Å². The molecule has 0 spiro atoms. The summed E-state index contributed by atoms with van der Waals surface area (Å²) in [6.07, 6.45) is -5.38. The number of nitrogens with zero attached hydrogens (tertiary/aromatic N) is 6. The molecule has 208 valence electrons. The number of aromatic amines is 1. The third kappa shape index (κ3) is 6.42. The third-order valence-corrected chi connectivity index (χ3v) is 7.07. The van der Waals surface area contributed by atoms with Crippen LogP contribution in [0.15, 0.2) is 23.3 Å². The molecule has 0 aromatic carbocycles. The average Bonchev–Trinajstić information content (AvgIpc) is 2.87. The molecule has 1 N–H and O–H groups in total. The molecule has 2 aromatic rings. The standard InChI is InChI=1S/C23H27F6N7O2/c1-34(16-4-7-36(8-5-16)21-30-10-15(11-31-21)22(24,25)26)19(37)13-35-6-2-3-14(12-35)18-9-17(23(27,28)29)20(38)33-32-18/h9-11,14,16H,2-8,12-13H2,1H3,(H,33,38). The van der Waals surface area contributed by atoms with Gasteiger partial charge in [-0.1, -0.05) is 0 Å². The molecule has 0 saturated carbocycles. The zero-order valence-corrected chi connectivity index (χ0v) is 20.5. The van der Waals surface area contributed by atoms with E-state index in [0.29, 0.717) is 51.9 Å². The molecule has 0 radical (unpaired) electrons. The number of halogens is 6. The second-order valence-electron chi connectivity index (χ2n) is 9.60. The Morgan fingerprint density at radius 1 is 1.05 bits per heavy atom. The fraction of sp³-hybridized carbons (Fsp3) is 0.609. The minimum atomic E-state index is -4.79. The molecular formula is C23H27F6N7O2. The number of carbonyl (C=O) groups is 1. The summed E-state index contributed by atoms with van der Waals surface area (Å²) >= 11 is 0. The second-order valence-corrected chi connectivity index (χ2v) is 9.60. The molecule has 1 amide bonds. The van der Waals surface area contributed by atoms with Crippen molar-refractivity contribution in [3.63, 3.8) is 0 Å². The number of likely N-dealkylation sites (N-methyl/N-ethyl adjacent to an activating group) is 1. The molecule has 15 heteroatoms. The van der Waals surface area contributed by atoms with Crippen molar-refractivity contribution in [1.82, 2.24) is 30.0 Å². The summed E-state index contributed by atoms with van der Waals surface area (Å²) in [5.74, 6) is -0.290. The van der Waals surface area contributed by atoms with Gasteiger partial charge in [-0.3, -0.25) is 14.5 Å². The van der Waals surface area contributed by atoms with E-state index >= 15 is 0 Å². The smallest absolute Gasteiger partial charge is 0.342 e. The first-order chi connectivity index (χ1) is 17.8. The first-order valence-electron chi connectivity index (χ1n) is 12.1. The summed E-state index contributed by atoms with van der Waals surface area (Å²) in [5.41, 5.74) is -3.36. The fourth-order valence-electron chi connectivity index (χ4n) is 4.87. The highest BCUT2D eigenvalue weighted by molar-refractivity contribution is 5.78. The SMILES string of the molecule is CN(C(=O)CN1CCCC(c2cc(C(F)(F)F)c(=O)[nH]n2)C1)C1CCN(c2ncc(C(F)(F)F)cn2)CC1. The van der Waals surface area contributed by atoms with Crippen LogP contribution in [0.5, 0.6) is 0 Å². The summed E-state index contributed by atoms with van der Waals surface area (Å²) in [4.78, 5) is 37.5. The van der Waals surface area contributed by atoms with E-state index in [2.05, 4.69) is 15.1 Å². The molecule has 2 aliphatic rings. The minimum Gasteiger partial charge on any atom is -0.342 e. The quantitative estimate of drug-likeness (QED) is 0.575. The number of piperidine rings is 2. The van der Waals surface area contributed by atoms with Crippen LogP contribution in [0.2, 0.25) is 0 Å². The van der Waals surface area contributed by atoms with Crippen LogP contribution in [0.1, 0.15) is 48.4 Å². The maximum absolute atomic E-state index is 13.1. The Bertz CT molecular complexity index is 1180. The summed E-state index contributed by atoms with van der Waals surface area (Å²) < 4.78 is 77.6. The van der Waals surface area contributed by atoms with Gasteiger partial charge in [0.15, 0.2) is 0 Å². The van der Waals surface area contributed by atoms with Gasteiger partial charge in [-0.25, -0.2) is 15.1 Å². The van der Waals surface area contributed by atoms with Crippen LogP contribution in [0.3, 0.4) is 0 Å². The fourth-order valence-corrected chi connectivity index (χ4v) is 4.87. The number of H-pyrrole nitrogens is 1. The van der Waals surface area contributed by atoms with Crippen molar-refractivity contribution in [3.8, 4) is 0 Å². The van der Waals surface area contributed by atoms with E-state index < -0.39 is 29.0 Å². The highest BCUT2D eigenvalue weighted by Crippen LogP contribution is 2.31. The molecule has 2 aliphatic heterocycles. The summed E-state index contributed by atoms with van der Waals surface area (Å²) in [6, 6.07) is 0.707. The zero-order valence-electron chi connectivity index (χ0n) is 20.5. The average molecular weight is 548 g/mol. The van der Waals surface area contributed by atoms with Crippen LogP contribution in [-0.2, 0) is 17.1 Å². The van der Waals surface area contributed by atoms with Crippen molar-refractivity contribution >= 4 is 11.9 Å². The summed E-state index contributed by atoms with van der Waals surface area (Å²) in [6.45, 7) is 1.97. The molecule has 0 bridgehead atoms. The number of rotatable bonds is 5. The van der Waals surface area contributed by atoms with Gasteiger partial charge in [0.2, 0.25) is 11.9 Å². The first-order valence-corrected chi connectivity index (χ1v) is 12.1.